The maximum absolute atomic E-state index is 13.5. The molecule has 5 N–H and O–H groups in total. The summed E-state index contributed by atoms with van der Waals surface area (Å²) in [5.74, 6) is -2.85. The van der Waals surface area contributed by atoms with E-state index in [2.05, 4.69) is 20.0 Å². The molecule has 0 bridgehead atoms. The summed E-state index contributed by atoms with van der Waals surface area (Å²) in [5.41, 5.74) is 6.80. The van der Waals surface area contributed by atoms with Crippen LogP contribution in [0.4, 0.5) is 10.6 Å². The minimum atomic E-state index is -3.83. The lowest BCUT2D eigenvalue weighted by molar-refractivity contribution is -0.145. The van der Waals surface area contributed by atoms with E-state index in [1.165, 1.54) is 13.3 Å². The van der Waals surface area contributed by atoms with Crippen LogP contribution in [0, 0.1) is 0 Å². The standard InChI is InChI=1S/C21H35N6O8P.C4H4O4/c1-6-7-8-31-20(28)16(5)26-36(30,34-12-32-21(29)35-14(2)3)13-33-15(4)9-27-11-25-17-18(22)23-10-24-19(17)27;5-3(6)1-2-4(7)8/h10-11,14-16H,6-9,12-13H2,1-5H3,(H,26,30)(H2,22,23,24);1-2H,(H,5,6)(H,7,8)/b;2-1+/t15-,16+,36?;/m1./s1. The van der Waals surface area contributed by atoms with Crippen molar-refractivity contribution in [1.82, 2.24) is 24.6 Å². The summed E-state index contributed by atoms with van der Waals surface area (Å²) >= 11 is 0. The number of anilines is 1. The topological polar surface area (TPSA) is 254 Å². The molecule has 0 aromatic carbocycles. The van der Waals surface area contributed by atoms with Gasteiger partial charge in [-0.1, -0.05) is 13.3 Å². The number of unbranched alkanes of at least 4 members (excludes halogenated alkanes) is 1. The third-order valence-corrected chi connectivity index (χ3v) is 6.83. The summed E-state index contributed by atoms with van der Waals surface area (Å²) in [6, 6.07) is -0.966. The van der Waals surface area contributed by atoms with Crippen molar-refractivity contribution in [2.45, 2.75) is 72.3 Å². The number of nitrogen functional groups attached to an aromatic ring is 1. The summed E-state index contributed by atoms with van der Waals surface area (Å²) in [6.45, 7) is 8.39. The minimum Gasteiger partial charge on any atom is -0.478 e. The Kier molecular flexibility index (Phi) is 16.6. The first-order valence-corrected chi connectivity index (χ1v) is 15.2. The number of esters is 1. The molecule has 0 aliphatic rings. The molecule has 3 atom stereocenters. The Morgan fingerprint density at radius 1 is 1.07 bits per heavy atom. The number of hydrogen-bond acceptors (Lipinski definition) is 14. The summed E-state index contributed by atoms with van der Waals surface area (Å²) in [7, 11) is -3.83. The summed E-state index contributed by atoms with van der Waals surface area (Å²) < 4.78 is 41.1. The summed E-state index contributed by atoms with van der Waals surface area (Å²) in [5, 5.41) is 18.3. The normalized spacial score (nSPS) is 13.9. The lowest BCUT2D eigenvalue weighted by Crippen LogP contribution is -2.35. The molecule has 0 radical (unpaired) electrons. The number of fused-ring (bicyclic) bond motifs is 1. The average molecular weight is 647 g/mol. The number of carboxylic acid groups (broad SMARTS) is 2. The van der Waals surface area contributed by atoms with Crippen molar-refractivity contribution in [3.63, 3.8) is 0 Å². The molecule has 0 saturated carbocycles. The molecule has 0 aliphatic heterocycles. The molecule has 44 heavy (non-hydrogen) atoms. The molecule has 0 amide bonds. The quantitative estimate of drug-likeness (QED) is 0.0633. The number of ether oxygens (including phenoxy) is 4. The number of hydrogen-bond donors (Lipinski definition) is 4. The van der Waals surface area contributed by atoms with Crippen molar-refractivity contribution in [2.24, 2.45) is 0 Å². The third-order valence-electron chi connectivity index (χ3n) is 5.04. The summed E-state index contributed by atoms with van der Waals surface area (Å²) in [4.78, 5) is 55.3. The molecule has 18 nitrogen and oxygen atoms in total. The van der Waals surface area contributed by atoms with E-state index in [0.29, 0.717) is 36.3 Å². The lowest BCUT2D eigenvalue weighted by Gasteiger charge is -2.24. The van der Waals surface area contributed by atoms with Crippen LogP contribution in [-0.2, 0) is 49.0 Å². The average Bonchev–Trinajstić information content (AvgIpc) is 3.34. The molecule has 2 aromatic heterocycles. The van der Waals surface area contributed by atoms with E-state index in [4.69, 9.17) is 39.4 Å². The largest absolute Gasteiger partial charge is 0.510 e. The number of rotatable bonds is 17. The van der Waals surface area contributed by atoms with Gasteiger partial charge in [0.1, 0.15) is 24.2 Å². The van der Waals surface area contributed by atoms with Gasteiger partial charge in [-0.15, -0.1) is 0 Å². The Labute approximate surface area is 253 Å². The smallest absolute Gasteiger partial charge is 0.478 e. The van der Waals surface area contributed by atoms with E-state index in [0.717, 1.165) is 6.42 Å². The molecular weight excluding hydrogens is 607 g/mol. The first-order chi connectivity index (χ1) is 20.7. The van der Waals surface area contributed by atoms with E-state index < -0.39 is 63.0 Å². The number of nitrogens with two attached hydrogens (primary N) is 1. The number of carboxylic acids is 2. The van der Waals surface area contributed by atoms with Crippen molar-refractivity contribution in [1.29, 1.82) is 0 Å². The molecule has 246 valence electrons. The van der Waals surface area contributed by atoms with Crippen LogP contribution in [0.15, 0.2) is 24.8 Å². The molecule has 0 saturated heterocycles. The molecule has 0 aliphatic carbocycles. The van der Waals surface area contributed by atoms with Gasteiger partial charge in [-0.2, -0.15) is 0 Å². The molecular formula is C25H39N6O12P. The van der Waals surface area contributed by atoms with Crippen LogP contribution in [-0.4, -0.2) is 91.8 Å². The van der Waals surface area contributed by atoms with Crippen LogP contribution >= 0.6 is 7.52 Å². The number of nitrogens with one attached hydrogen (secondary N) is 1. The van der Waals surface area contributed by atoms with Gasteiger partial charge in [0.05, 0.1) is 31.7 Å². The highest BCUT2D eigenvalue weighted by atomic mass is 31.2. The van der Waals surface area contributed by atoms with E-state index in [9.17, 15) is 23.7 Å². The molecule has 19 heteroatoms. The van der Waals surface area contributed by atoms with E-state index >= 15 is 0 Å². The van der Waals surface area contributed by atoms with Crippen LogP contribution in [0.5, 0.6) is 0 Å². The predicted octanol–water partition coefficient (Wildman–Crippen LogP) is 2.53. The molecule has 0 spiro atoms. The molecule has 2 aromatic rings. The Morgan fingerprint density at radius 2 is 1.73 bits per heavy atom. The van der Waals surface area contributed by atoms with Gasteiger partial charge in [0.2, 0.25) is 6.79 Å². The fraction of sp³-hybridized carbons (Fsp3) is 0.560. The zero-order chi connectivity index (χ0) is 33.3. The number of nitrogens with zero attached hydrogens (tertiary/aromatic N) is 4. The van der Waals surface area contributed by atoms with Crippen molar-refractivity contribution >= 4 is 48.6 Å². The number of imidazole rings is 1. The number of carbonyl (C=O) groups is 4. The second kappa shape index (κ2) is 19.2. The second-order valence-electron chi connectivity index (χ2n) is 9.30. The molecule has 2 rings (SSSR count). The first kappa shape index (κ1) is 37.9. The number of carbonyl (C=O) groups excluding carboxylic acids is 2. The van der Waals surface area contributed by atoms with Gasteiger partial charge in [0, 0.05) is 12.2 Å². The minimum absolute atomic E-state index is 0.247. The van der Waals surface area contributed by atoms with Crippen LogP contribution in [0.2, 0.25) is 0 Å². The van der Waals surface area contributed by atoms with Gasteiger partial charge in [0.15, 0.2) is 11.5 Å². The van der Waals surface area contributed by atoms with Crippen molar-refractivity contribution < 1.29 is 57.4 Å². The van der Waals surface area contributed by atoms with Gasteiger partial charge in [-0.25, -0.2) is 34.4 Å². The van der Waals surface area contributed by atoms with Crippen molar-refractivity contribution in [3.05, 3.63) is 24.8 Å². The second-order valence-corrected chi connectivity index (χ2v) is 11.4. The first-order valence-electron chi connectivity index (χ1n) is 13.4. The van der Waals surface area contributed by atoms with Gasteiger partial charge in [0.25, 0.3) is 7.52 Å². The van der Waals surface area contributed by atoms with Crippen LogP contribution in [0.25, 0.3) is 11.2 Å². The van der Waals surface area contributed by atoms with Gasteiger partial charge < -0.3 is 39.5 Å². The Hall–Kier alpha value is -4.12. The van der Waals surface area contributed by atoms with E-state index in [1.54, 1.807) is 31.7 Å². The lowest BCUT2D eigenvalue weighted by atomic mass is 10.3. The fourth-order valence-electron chi connectivity index (χ4n) is 3.02. The molecule has 2 heterocycles. The van der Waals surface area contributed by atoms with Crippen molar-refractivity contribution in [2.75, 3.05) is 25.5 Å². The van der Waals surface area contributed by atoms with Crippen molar-refractivity contribution in [3.8, 4) is 0 Å². The fourth-order valence-corrected chi connectivity index (χ4v) is 4.61. The molecule has 0 fully saturated rings. The zero-order valence-electron chi connectivity index (χ0n) is 25.1. The SMILES string of the molecule is CCCCOC(=O)[C@H](C)NP(=O)(CO[C@H](C)Cn1cnc2c(N)ncnc21)OCOC(=O)OC(C)C.O=C(O)/C=C/C(=O)O. The highest BCUT2D eigenvalue weighted by molar-refractivity contribution is 7.56. The predicted molar refractivity (Wildman–Crippen MR) is 154 cm³/mol. The highest BCUT2D eigenvalue weighted by Gasteiger charge is 2.31. The van der Waals surface area contributed by atoms with Gasteiger partial charge in [-0.3, -0.25) is 13.9 Å². The summed E-state index contributed by atoms with van der Waals surface area (Å²) in [6.07, 6.45) is 3.28. The van der Waals surface area contributed by atoms with Gasteiger partial charge in [-0.05, 0) is 34.1 Å². The maximum Gasteiger partial charge on any atom is 0.510 e. The van der Waals surface area contributed by atoms with E-state index in [-0.39, 0.29) is 12.4 Å². The van der Waals surface area contributed by atoms with Gasteiger partial charge >= 0.3 is 24.1 Å². The van der Waals surface area contributed by atoms with Crippen LogP contribution in [0.3, 0.4) is 0 Å². The zero-order valence-corrected chi connectivity index (χ0v) is 26.0. The third kappa shape index (κ3) is 14.9. The molecule has 1 unspecified atom stereocenters. The highest BCUT2D eigenvalue weighted by Crippen LogP contribution is 2.43. The monoisotopic (exact) mass is 646 g/mol. The number of aliphatic carboxylic acids is 2. The Bertz CT molecular complexity index is 1300. The van der Waals surface area contributed by atoms with Crippen LogP contribution < -0.4 is 10.8 Å². The Morgan fingerprint density at radius 3 is 2.32 bits per heavy atom. The van der Waals surface area contributed by atoms with Crippen LogP contribution in [0.1, 0.15) is 47.5 Å². The van der Waals surface area contributed by atoms with E-state index in [1.807, 2.05) is 6.92 Å². The maximum atomic E-state index is 13.5. The number of aromatic nitrogens is 4. The Balaban J connectivity index is 0.00000106.